The second-order valence-electron chi connectivity index (χ2n) is 3.86. The van der Waals surface area contributed by atoms with Gasteiger partial charge in [0.15, 0.2) is 0 Å². The molecule has 1 aromatic heterocycles. The molecule has 0 aliphatic carbocycles. The van der Waals surface area contributed by atoms with Crippen LogP contribution in [0.2, 0.25) is 0 Å². The van der Waals surface area contributed by atoms with E-state index in [1.807, 2.05) is 0 Å². The first kappa shape index (κ1) is 14.5. The molecular weight excluding hydrogens is 280 g/mol. The minimum absolute atomic E-state index is 0.0563. The standard InChI is InChI=1S/C15H9F2NO3/c16-15(17)21-13-7-5-11(14(19)20)9-10(13)4-6-12-3-1-2-8-18-12/h1-3,5,7-9,15H,(H,19,20). The molecule has 2 aromatic rings. The number of carboxylic acid groups (broad SMARTS) is 1. The van der Waals surface area contributed by atoms with Crippen LogP contribution < -0.4 is 4.74 Å². The van der Waals surface area contributed by atoms with Crippen molar-refractivity contribution in [2.75, 3.05) is 0 Å². The SMILES string of the molecule is O=C(O)c1ccc(OC(F)F)c(C#Cc2ccccn2)c1. The Morgan fingerprint density at radius 3 is 2.67 bits per heavy atom. The van der Waals surface area contributed by atoms with E-state index in [0.29, 0.717) is 5.69 Å². The molecule has 2 rings (SSSR count). The number of carbonyl (C=O) groups is 1. The van der Waals surface area contributed by atoms with Gasteiger partial charge in [-0.3, -0.25) is 0 Å². The van der Waals surface area contributed by atoms with Crippen molar-refractivity contribution >= 4 is 5.97 Å². The highest BCUT2D eigenvalue weighted by atomic mass is 19.3. The van der Waals surface area contributed by atoms with Gasteiger partial charge in [0, 0.05) is 6.20 Å². The Balaban J connectivity index is 2.41. The van der Waals surface area contributed by atoms with Crippen LogP contribution in [0, 0.1) is 11.8 Å². The average molecular weight is 289 g/mol. The zero-order valence-corrected chi connectivity index (χ0v) is 10.6. The van der Waals surface area contributed by atoms with Crippen molar-refractivity contribution in [3.05, 3.63) is 59.4 Å². The highest BCUT2D eigenvalue weighted by Crippen LogP contribution is 2.21. The van der Waals surface area contributed by atoms with Gasteiger partial charge in [-0.15, -0.1) is 0 Å². The van der Waals surface area contributed by atoms with Crippen LogP contribution in [0.3, 0.4) is 0 Å². The van der Waals surface area contributed by atoms with E-state index < -0.39 is 12.6 Å². The molecule has 0 bridgehead atoms. The summed E-state index contributed by atoms with van der Waals surface area (Å²) in [7, 11) is 0. The molecule has 0 amide bonds. The molecule has 0 unspecified atom stereocenters. The first-order chi connectivity index (χ1) is 10.1. The number of aromatic carboxylic acids is 1. The minimum atomic E-state index is -3.02. The Morgan fingerprint density at radius 2 is 2.05 bits per heavy atom. The molecule has 0 saturated carbocycles. The van der Waals surface area contributed by atoms with Crippen molar-refractivity contribution in [2.45, 2.75) is 6.61 Å². The summed E-state index contributed by atoms with van der Waals surface area (Å²) in [6.45, 7) is -3.02. The zero-order valence-electron chi connectivity index (χ0n) is 10.6. The third-order valence-corrected chi connectivity index (χ3v) is 2.43. The number of rotatable bonds is 3. The summed E-state index contributed by atoms with van der Waals surface area (Å²) in [5.74, 6) is 3.89. The molecule has 0 saturated heterocycles. The molecule has 1 aromatic carbocycles. The Labute approximate surface area is 119 Å². The zero-order chi connectivity index (χ0) is 15.2. The van der Waals surface area contributed by atoms with Gasteiger partial charge in [0.05, 0.1) is 11.1 Å². The van der Waals surface area contributed by atoms with Crippen LogP contribution in [0.4, 0.5) is 8.78 Å². The maximum Gasteiger partial charge on any atom is 0.387 e. The van der Waals surface area contributed by atoms with Crippen molar-refractivity contribution in [1.82, 2.24) is 4.98 Å². The first-order valence-corrected chi connectivity index (χ1v) is 5.81. The molecule has 4 nitrogen and oxygen atoms in total. The van der Waals surface area contributed by atoms with Crippen molar-refractivity contribution in [3.8, 4) is 17.6 Å². The lowest BCUT2D eigenvalue weighted by Gasteiger charge is -2.07. The maximum absolute atomic E-state index is 12.3. The van der Waals surface area contributed by atoms with Gasteiger partial charge in [-0.25, -0.2) is 9.78 Å². The predicted molar refractivity (Wildman–Crippen MR) is 70.3 cm³/mol. The van der Waals surface area contributed by atoms with Crippen LogP contribution in [-0.4, -0.2) is 22.7 Å². The van der Waals surface area contributed by atoms with E-state index in [0.717, 1.165) is 6.07 Å². The Kier molecular flexibility index (Phi) is 4.46. The van der Waals surface area contributed by atoms with Gasteiger partial charge in [-0.2, -0.15) is 8.78 Å². The van der Waals surface area contributed by atoms with Crippen molar-refractivity contribution < 1.29 is 23.4 Å². The largest absolute Gasteiger partial charge is 0.478 e. The smallest absolute Gasteiger partial charge is 0.387 e. The summed E-state index contributed by atoms with van der Waals surface area (Å²) >= 11 is 0. The molecule has 106 valence electrons. The Bertz CT molecular complexity index is 706. The van der Waals surface area contributed by atoms with E-state index in [2.05, 4.69) is 21.6 Å². The van der Waals surface area contributed by atoms with Crippen LogP contribution in [0.5, 0.6) is 5.75 Å². The van der Waals surface area contributed by atoms with Crippen LogP contribution in [0.15, 0.2) is 42.6 Å². The van der Waals surface area contributed by atoms with Crippen molar-refractivity contribution in [1.29, 1.82) is 0 Å². The van der Waals surface area contributed by atoms with E-state index in [1.165, 1.54) is 18.3 Å². The summed E-state index contributed by atoms with van der Waals surface area (Å²) in [6.07, 6.45) is 1.54. The van der Waals surface area contributed by atoms with Crippen LogP contribution in [-0.2, 0) is 0 Å². The molecule has 0 atom stereocenters. The van der Waals surface area contributed by atoms with Crippen molar-refractivity contribution in [3.63, 3.8) is 0 Å². The fourth-order valence-electron chi connectivity index (χ4n) is 1.53. The Hall–Kier alpha value is -2.94. The van der Waals surface area contributed by atoms with Crippen molar-refractivity contribution in [2.24, 2.45) is 0 Å². The fourth-order valence-corrected chi connectivity index (χ4v) is 1.53. The number of nitrogens with zero attached hydrogens (tertiary/aromatic N) is 1. The van der Waals surface area contributed by atoms with E-state index in [1.54, 1.807) is 18.2 Å². The molecule has 0 aliphatic rings. The normalized spacial score (nSPS) is 9.86. The van der Waals surface area contributed by atoms with Gasteiger partial charge in [-0.1, -0.05) is 12.0 Å². The van der Waals surface area contributed by atoms with Gasteiger partial charge >= 0.3 is 12.6 Å². The summed E-state index contributed by atoms with van der Waals surface area (Å²) < 4.78 is 29.0. The first-order valence-electron chi connectivity index (χ1n) is 5.81. The number of hydrogen-bond acceptors (Lipinski definition) is 3. The number of carboxylic acids is 1. The minimum Gasteiger partial charge on any atom is -0.478 e. The van der Waals surface area contributed by atoms with E-state index in [9.17, 15) is 13.6 Å². The predicted octanol–water partition coefficient (Wildman–Crippen LogP) is 2.78. The number of benzene rings is 1. The molecule has 1 heterocycles. The molecular formula is C15H9F2NO3. The lowest BCUT2D eigenvalue weighted by atomic mass is 10.1. The Morgan fingerprint density at radius 1 is 1.24 bits per heavy atom. The molecule has 21 heavy (non-hydrogen) atoms. The van der Waals surface area contributed by atoms with E-state index in [4.69, 9.17) is 5.11 Å². The van der Waals surface area contributed by atoms with Gasteiger partial charge < -0.3 is 9.84 Å². The lowest BCUT2D eigenvalue weighted by Crippen LogP contribution is -2.05. The highest BCUT2D eigenvalue weighted by molar-refractivity contribution is 5.88. The molecule has 6 heteroatoms. The van der Waals surface area contributed by atoms with Crippen LogP contribution in [0.1, 0.15) is 21.6 Å². The fraction of sp³-hybridized carbons (Fsp3) is 0.0667. The monoisotopic (exact) mass is 289 g/mol. The number of hydrogen-bond donors (Lipinski definition) is 1. The third kappa shape index (κ3) is 4.01. The second-order valence-corrected chi connectivity index (χ2v) is 3.86. The maximum atomic E-state index is 12.3. The topological polar surface area (TPSA) is 59.4 Å². The summed E-state index contributed by atoms with van der Waals surface area (Å²) in [5.41, 5.74) is 0.420. The third-order valence-electron chi connectivity index (χ3n) is 2.43. The quantitative estimate of drug-likeness (QED) is 0.883. The number of aromatic nitrogens is 1. The van der Waals surface area contributed by atoms with Gasteiger partial charge in [-0.05, 0) is 36.3 Å². The molecule has 0 fully saturated rings. The number of halogens is 2. The molecule has 0 aliphatic heterocycles. The van der Waals surface area contributed by atoms with E-state index in [-0.39, 0.29) is 16.9 Å². The lowest BCUT2D eigenvalue weighted by molar-refractivity contribution is -0.0500. The van der Waals surface area contributed by atoms with Gasteiger partial charge in [0.25, 0.3) is 0 Å². The average Bonchev–Trinajstić information content (AvgIpc) is 2.46. The molecule has 0 spiro atoms. The van der Waals surface area contributed by atoms with Gasteiger partial charge in [0.1, 0.15) is 11.4 Å². The second kappa shape index (κ2) is 6.48. The summed E-state index contributed by atoms with van der Waals surface area (Å²) in [4.78, 5) is 14.9. The van der Waals surface area contributed by atoms with E-state index >= 15 is 0 Å². The highest BCUT2D eigenvalue weighted by Gasteiger charge is 2.11. The number of pyridine rings is 1. The summed E-state index contributed by atoms with van der Waals surface area (Å²) in [5, 5.41) is 8.92. The molecule has 0 radical (unpaired) electrons. The number of ether oxygens (including phenoxy) is 1. The van der Waals surface area contributed by atoms with Gasteiger partial charge in [0.2, 0.25) is 0 Å². The summed E-state index contributed by atoms with van der Waals surface area (Å²) in [6, 6.07) is 8.57. The van der Waals surface area contributed by atoms with Crippen LogP contribution in [0.25, 0.3) is 0 Å². The van der Waals surface area contributed by atoms with Crippen LogP contribution >= 0.6 is 0 Å². The number of alkyl halides is 2. The molecule has 1 N–H and O–H groups in total.